The molecule has 0 atom stereocenters. The Morgan fingerprint density at radius 1 is 1.25 bits per heavy atom. The summed E-state index contributed by atoms with van der Waals surface area (Å²) in [4.78, 5) is 21.5. The highest BCUT2D eigenvalue weighted by Crippen LogP contribution is 2.18. The number of carbonyl (C=O) groups is 2. The molecule has 4 heteroatoms. The lowest BCUT2D eigenvalue weighted by molar-refractivity contribution is -0.123. The van der Waals surface area contributed by atoms with E-state index < -0.39 is 0 Å². The molecule has 1 heterocycles. The molecule has 0 saturated carbocycles. The van der Waals surface area contributed by atoms with Crippen molar-refractivity contribution >= 4 is 18.1 Å². The summed E-state index contributed by atoms with van der Waals surface area (Å²) in [5.74, 6) is 0.175. The Balaban J connectivity index is 0.000000386. The zero-order chi connectivity index (χ0) is 11.8. The number of benzene rings is 1. The Kier molecular flexibility index (Phi) is 4.79. The highest BCUT2D eigenvalue weighted by molar-refractivity contribution is 5.95. The fourth-order valence-corrected chi connectivity index (χ4v) is 1.41. The van der Waals surface area contributed by atoms with Gasteiger partial charge in [-0.3, -0.25) is 14.5 Å². The molecule has 0 fully saturated rings. The van der Waals surface area contributed by atoms with Gasteiger partial charge in [0.25, 0.3) is 6.47 Å². The summed E-state index contributed by atoms with van der Waals surface area (Å²) in [6, 6.07) is 9.69. The molecule has 1 aliphatic heterocycles. The van der Waals surface area contributed by atoms with E-state index in [1.807, 2.05) is 42.6 Å². The molecule has 1 aromatic rings. The van der Waals surface area contributed by atoms with E-state index in [0.29, 0.717) is 6.42 Å². The van der Waals surface area contributed by atoms with E-state index in [0.717, 1.165) is 12.1 Å². The van der Waals surface area contributed by atoms with Gasteiger partial charge in [-0.25, -0.2) is 0 Å². The van der Waals surface area contributed by atoms with Gasteiger partial charge in [0.2, 0.25) is 5.91 Å². The SMILES string of the molecule is O=C1CCC=CN1c1ccccc1.O=CO. The number of carbonyl (C=O) groups excluding carboxylic acids is 1. The summed E-state index contributed by atoms with van der Waals surface area (Å²) in [6.45, 7) is -0.250. The maximum atomic E-state index is 11.5. The third kappa shape index (κ3) is 3.24. The maximum Gasteiger partial charge on any atom is 0.290 e. The van der Waals surface area contributed by atoms with Gasteiger partial charge in [0.1, 0.15) is 0 Å². The Morgan fingerprint density at radius 3 is 2.44 bits per heavy atom. The van der Waals surface area contributed by atoms with Crippen LogP contribution in [0.2, 0.25) is 0 Å². The van der Waals surface area contributed by atoms with E-state index in [4.69, 9.17) is 9.90 Å². The first kappa shape index (κ1) is 12.0. The Bertz CT molecular complexity index is 373. The van der Waals surface area contributed by atoms with Crippen LogP contribution in [0.15, 0.2) is 42.6 Å². The number of nitrogens with zero attached hydrogens (tertiary/aromatic N) is 1. The summed E-state index contributed by atoms with van der Waals surface area (Å²) in [7, 11) is 0. The summed E-state index contributed by atoms with van der Waals surface area (Å²) >= 11 is 0. The number of rotatable bonds is 1. The van der Waals surface area contributed by atoms with E-state index >= 15 is 0 Å². The average Bonchev–Trinajstić information content (AvgIpc) is 2.32. The molecule has 84 valence electrons. The van der Waals surface area contributed by atoms with Crippen LogP contribution in [-0.4, -0.2) is 17.5 Å². The van der Waals surface area contributed by atoms with Crippen LogP contribution in [0.4, 0.5) is 5.69 Å². The number of allylic oxidation sites excluding steroid dienone is 1. The second-order valence-corrected chi connectivity index (χ2v) is 3.13. The van der Waals surface area contributed by atoms with Crippen molar-refractivity contribution in [2.75, 3.05) is 4.90 Å². The standard InChI is InChI=1S/C11H11NO.CH2O2/c13-11-8-4-5-9-12(11)10-6-2-1-3-7-10;2-1-3/h1-3,5-7,9H,4,8H2;1H,(H,2,3). The molecule has 2 rings (SSSR count). The first-order valence-electron chi connectivity index (χ1n) is 4.91. The number of carboxylic acid groups (broad SMARTS) is 1. The van der Waals surface area contributed by atoms with Gasteiger partial charge in [0.15, 0.2) is 0 Å². The summed E-state index contributed by atoms with van der Waals surface area (Å²) in [5.41, 5.74) is 0.948. The molecule has 1 aromatic carbocycles. The predicted molar refractivity (Wildman–Crippen MR) is 61.0 cm³/mol. The third-order valence-electron chi connectivity index (χ3n) is 2.08. The Hall–Kier alpha value is -2.10. The first-order chi connectivity index (χ1) is 7.79. The van der Waals surface area contributed by atoms with E-state index in [1.165, 1.54) is 0 Å². The van der Waals surface area contributed by atoms with Gasteiger partial charge in [0.05, 0.1) is 0 Å². The van der Waals surface area contributed by atoms with Crippen molar-refractivity contribution in [1.29, 1.82) is 0 Å². The third-order valence-corrected chi connectivity index (χ3v) is 2.08. The minimum absolute atomic E-state index is 0.175. The number of anilines is 1. The molecule has 0 aromatic heterocycles. The van der Waals surface area contributed by atoms with Crippen molar-refractivity contribution in [2.45, 2.75) is 12.8 Å². The normalized spacial score (nSPS) is 14.0. The minimum atomic E-state index is -0.250. The van der Waals surface area contributed by atoms with Gasteiger partial charge < -0.3 is 5.11 Å². The van der Waals surface area contributed by atoms with Gasteiger partial charge in [-0.15, -0.1) is 0 Å². The minimum Gasteiger partial charge on any atom is -0.483 e. The van der Waals surface area contributed by atoms with E-state index in [2.05, 4.69) is 0 Å². The topological polar surface area (TPSA) is 57.6 Å². The lowest BCUT2D eigenvalue weighted by atomic mass is 10.2. The molecule has 0 saturated heterocycles. The summed E-state index contributed by atoms with van der Waals surface area (Å²) < 4.78 is 0. The van der Waals surface area contributed by atoms with Gasteiger partial charge in [-0.2, -0.15) is 0 Å². The monoisotopic (exact) mass is 219 g/mol. The van der Waals surface area contributed by atoms with Crippen molar-refractivity contribution in [3.8, 4) is 0 Å². The smallest absolute Gasteiger partial charge is 0.290 e. The Morgan fingerprint density at radius 2 is 1.88 bits per heavy atom. The Labute approximate surface area is 93.8 Å². The average molecular weight is 219 g/mol. The highest BCUT2D eigenvalue weighted by atomic mass is 16.3. The molecule has 0 spiro atoms. The molecule has 4 nitrogen and oxygen atoms in total. The van der Waals surface area contributed by atoms with Gasteiger partial charge in [-0.05, 0) is 18.6 Å². The lowest BCUT2D eigenvalue weighted by Crippen LogP contribution is -2.26. The lowest BCUT2D eigenvalue weighted by Gasteiger charge is -2.21. The van der Waals surface area contributed by atoms with Crippen LogP contribution in [0.5, 0.6) is 0 Å². The molecule has 0 unspecified atom stereocenters. The molecule has 1 amide bonds. The molecule has 0 bridgehead atoms. The molecule has 1 aliphatic rings. The quantitative estimate of drug-likeness (QED) is 0.735. The van der Waals surface area contributed by atoms with Gasteiger partial charge in [0, 0.05) is 18.3 Å². The van der Waals surface area contributed by atoms with Gasteiger partial charge >= 0.3 is 0 Å². The van der Waals surface area contributed by atoms with Crippen LogP contribution >= 0.6 is 0 Å². The van der Waals surface area contributed by atoms with Crippen LogP contribution in [0.25, 0.3) is 0 Å². The molecule has 1 N–H and O–H groups in total. The molecule has 16 heavy (non-hydrogen) atoms. The summed E-state index contributed by atoms with van der Waals surface area (Å²) in [5, 5.41) is 6.89. The fourth-order valence-electron chi connectivity index (χ4n) is 1.41. The van der Waals surface area contributed by atoms with Gasteiger partial charge in [-0.1, -0.05) is 24.3 Å². The van der Waals surface area contributed by atoms with Crippen molar-refractivity contribution < 1.29 is 14.7 Å². The van der Waals surface area contributed by atoms with Crippen molar-refractivity contribution in [1.82, 2.24) is 0 Å². The van der Waals surface area contributed by atoms with E-state index in [9.17, 15) is 4.79 Å². The zero-order valence-corrected chi connectivity index (χ0v) is 8.74. The number of hydrogen-bond donors (Lipinski definition) is 1. The number of para-hydroxylation sites is 1. The van der Waals surface area contributed by atoms with E-state index in [1.54, 1.807) is 4.90 Å². The van der Waals surface area contributed by atoms with Crippen LogP contribution in [0.1, 0.15) is 12.8 Å². The summed E-state index contributed by atoms with van der Waals surface area (Å²) in [6.07, 6.45) is 5.35. The number of hydrogen-bond acceptors (Lipinski definition) is 2. The first-order valence-corrected chi connectivity index (χ1v) is 4.91. The van der Waals surface area contributed by atoms with E-state index in [-0.39, 0.29) is 12.4 Å². The van der Waals surface area contributed by atoms with Crippen molar-refractivity contribution in [3.63, 3.8) is 0 Å². The molecular formula is C12H13NO3. The fraction of sp³-hybridized carbons (Fsp3) is 0.167. The van der Waals surface area contributed by atoms with Crippen LogP contribution in [-0.2, 0) is 9.59 Å². The molecular weight excluding hydrogens is 206 g/mol. The van der Waals surface area contributed by atoms with Crippen LogP contribution < -0.4 is 4.90 Å². The maximum absolute atomic E-state index is 11.5. The molecule has 0 radical (unpaired) electrons. The van der Waals surface area contributed by atoms with Crippen molar-refractivity contribution in [3.05, 3.63) is 42.6 Å². The largest absolute Gasteiger partial charge is 0.483 e. The second-order valence-electron chi connectivity index (χ2n) is 3.13. The predicted octanol–water partition coefficient (Wildman–Crippen LogP) is 2.03. The second kappa shape index (κ2) is 6.40. The van der Waals surface area contributed by atoms with Crippen LogP contribution in [0.3, 0.4) is 0 Å². The highest BCUT2D eigenvalue weighted by Gasteiger charge is 2.14. The zero-order valence-electron chi connectivity index (χ0n) is 8.74. The number of amides is 1. The van der Waals surface area contributed by atoms with Crippen LogP contribution in [0, 0.1) is 0 Å². The molecule has 0 aliphatic carbocycles. The van der Waals surface area contributed by atoms with Crippen molar-refractivity contribution in [2.24, 2.45) is 0 Å².